The molecule has 0 fully saturated rings. The number of thiophene rings is 1. The molecule has 0 N–H and O–H groups in total. The van der Waals surface area contributed by atoms with E-state index >= 15 is 0 Å². The van der Waals surface area contributed by atoms with Gasteiger partial charge in [0.05, 0.1) is 5.41 Å². The van der Waals surface area contributed by atoms with Crippen molar-refractivity contribution in [3.8, 4) is 78.7 Å². The SMILES string of the molecule is c1ccc(-c2ccc(-c3nc(-c4ccc5c(c4)sc4ccccc45)nc(-c4cccc5oc6ccc(-c7ccc8c(c7)C7(c9ccccc9-c9ccccc97)c7ccccc7-8)cc6c45)n3)cc2)cc1. The Labute approximate surface area is 401 Å². The van der Waals surface area contributed by atoms with Gasteiger partial charge in [-0.25, -0.2) is 15.0 Å². The number of furan rings is 1. The third-order valence-corrected chi connectivity index (χ3v) is 15.7. The van der Waals surface area contributed by atoms with Crippen LogP contribution in [0.3, 0.4) is 0 Å². The summed E-state index contributed by atoms with van der Waals surface area (Å²) in [6.07, 6.45) is 0. The number of fused-ring (bicyclic) bond motifs is 16. The van der Waals surface area contributed by atoms with E-state index in [-0.39, 0.29) is 0 Å². The molecule has 15 rings (SSSR count). The van der Waals surface area contributed by atoms with Gasteiger partial charge < -0.3 is 4.42 Å². The van der Waals surface area contributed by atoms with Crippen LogP contribution in [0.15, 0.2) is 229 Å². The summed E-state index contributed by atoms with van der Waals surface area (Å²) in [4.78, 5) is 15.8. The molecule has 5 heteroatoms. The molecule has 3 aromatic heterocycles. The molecule has 0 aliphatic heterocycles. The van der Waals surface area contributed by atoms with E-state index in [1.807, 2.05) is 18.2 Å². The summed E-state index contributed by atoms with van der Waals surface area (Å²) in [7, 11) is 0. The first-order valence-corrected chi connectivity index (χ1v) is 24.2. The van der Waals surface area contributed by atoms with Crippen LogP contribution in [0.2, 0.25) is 0 Å². The van der Waals surface area contributed by atoms with Gasteiger partial charge in [0, 0.05) is 47.6 Å². The lowest BCUT2D eigenvalue weighted by Crippen LogP contribution is -2.25. The van der Waals surface area contributed by atoms with E-state index in [4.69, 9.17) is 19.4 Å². The van der Waals surface area contributed by atoms with E-state index < -0.39 is 5.41 Å². The number of hydrogen-bond acceptors (Lipinski definition) is 5. The molecule has 1 spiro atoms. The van der Waals surface area contributed by atoms with Gasteiger partial charge in [0.15, 0.2) is 17.5 Å². The fraction of sp³-hybridized carbons (Fsp3) is 0.0156. The Balaban J connectivity index is 0.905. The molecule has 2 aliphatic carbocycles. The maximum atomic E-state index is 6.67. The Hall–Kier alpha value is -8.77. The average Bonchev–Trinajstić information content (AvgIpc) is 4.16. The van der Waals surface area contributed by atoms with Gasteiger partial charge in [-0.3, -0.25) is 0 Å². The number of rotatable bonds is 5. The minimum atomic E-state index is -0.424. The van der Waals surface area contributed by atoms with Crippen molar-refractivity contribution in [1.29, 1.82) is 0 Å². The molecule has 13 aromatic rings. The van der Waals surface area contributed by atoms with Gasteiger partial charge in [-0.1, -0.05) is 188 Å². The molecule has 2 aliphatic rings. The minimum Gasteiger partial charge on any atom is -0.456 e. The fourth-order valence-electron chi connectivity index (χ4n) is 11.5. The van der Waals surface area contributed by atoms with Crippen molar-refractivity contribution in [2.75, 3.05) is 0 Å². The third-order valence-electron chi connectivity index (χ3n) is 14.6. The van der Waals surface area contributed by atoms with Crippen molar-refractivity contribution in [3.05, 3.63) is 247 Å². The molecular weight excluding hydrogens is 859 g/mol. The molecule has 10 aromatic carbocycles. The van der Waals surface area contributed by atoms with Crippen molar-refractivity contribution in [3.63, 3.8) is 0 Å². The highest BCUT2D eigenvalue weighted by molar-refractivity contribution is 7.25. The topological polar surface area (TPSA) is 51.8 Å². The highest BCUT2D eigenvalue weighted by atomic mass is 32.1. The first-order chi connectivity index (χ1) is 34.2. The van der Waals surface area contributed by atoms with E-state index in [0.29, 0.717) is 17.5 Å². The Kier molecular flexibility index (Phi) is 8.12. The molecule has 0 saturated carbocycles. The van der Waals surface area contributed by atoms with Crippen LogP contribution < -0.4 is 0 Å². The molecule has 3 heterocycles. The molecule has 69 heavy (non-hydrogen) atoms. The zero-order valence-corrected chi connectivity index (χ0v) is 37.8. The summed E-state index contributed by atoms with van der Waals surface area (Å²) in [5, 5.41) is 4.48. The zero-order valence-electron chi connectivity index (χ0n) is 37.0. The highest BCUT2D eigenvalue weighted by Gasteiger charge is 2.51. The first kappa shape index (κ1) is 38.3. The predicted octanol–water partition coefficient (Wildman–Crippen LogP) is 16.8. The first-order valence-electron chi connectivity index (χ1n) is 23.4. The van der Waals surface area contributed by atoms with Crippen LogP contribution in [0.25, 0.3) is 121 Å². The Bertz CT molecular complexity index is 4200. The smallest absolute Gasteiger partial charge is 0.164 e. The third kappa shape index (κ3) is 5.59. The lowest BCUT2D eigenvalue weighted by molar-refractivity contribution is 0.669. The molecule has 0 unspecified atom stereocenters. The van der Waals surface area contributed by atoms with E-state index in [1.54, 1.807) is 11.3 Å². The summed E-state index contributed by atoms with van der Waals surface area (Å²) in [6, 6.07) is 80.9. The number of nitrogens with zero attached hydrogens (tertiary/aromatic N) is 3. The van der Waals surface area contributed by atoms with Crippen LogP contribution >= 0.6 is 11.3 Å². The van der Waals surface area contributed by atoms with Gasteiger partial charge in [0.2, 0.25) is 0 Å². The van der Waals surface area contributed by atoms with Crippen LogP contribution in [0.5, 0.6) is 0 Å². The average molecular weight is 896 g/mol. The lowest BCUT2D eigenvalue weighted by atomic mass is 9.70. The molecule has 4 nitrogen and oxygen atoms in total. The lowest BCUT2D eigenvalue weighted by Gasteiger charge is -2.30. The molecule has 0 bridgehead atoms. The Morgan fingerprint density at radius 1 is 0.304 bits per heavy atom. The van der Waals surface area contributed by atoms with Crippen LogP contribution in [0, 0.1) is 0 Å². The Morgan fingerprint density at radius 3 is 1.59 bits per heavy atom. The van der Waals surface area contributed by atoms with Crippen molar-refractivity contribution < 1.29 is 4.42 Å². The second kappa shape index (κ2) is 14.6. The number of benzene rings is 10. The van der Waals surface area contributed by atoms with Crippen molar-refractivity contribution >= 4 is 53.4 Å². The number of hydrogen-bond donors (Lipinski definition) is 0. The van der Waals surface area contributed by atoms with Gasteiger partial charge in [0.25, 0.3) is 0 Å². The van der Waals surface area contributed by atoms with Gasteiger partial charge in [-0.2, -0.15) is 0 Å². The van der Waals surface area contributed by atoms with E-state index in [2.05, 4.69) is 206 Å². The van der Waals surface area contributed by atoms with Gasteiger partial charge in [0.1, 0.15) is 11.2 Å². The summed E-state index contributed by atoms with van der Waals surface area (Å²) in [5.74, 6) is 1.82. The maximum absolute atomic E-state index is 6.67. The molecular formula is C64H37N3OS. The van der Waals surface area contributed by atoms with Crippen molar-refractivity contribution in [2.24, 2.45) is 0 Å². The summed E-state index contributed by atoms with van der Waals surface area (Å²) in [5.41, 5.74) is 19.0. The normalized spacial score (nSPS) is 13.0. The van der Waals surface area contributed by atoms with Gasteiger partial charge in [-0.15, -0.1) is 11.3 Å². The van der Waals surface area contributed by atoms with Crippen molar-refractivity contribution in [1.82, 2.24) is 15.0 Å². The molecule has 320 valence electrons. The quantitative estimate of drug-likeness (QED) is 0.173. The van der Waals surface area contributed by atoms with E-state index in [1.165, 1.54) is 64.7 Å². The number of aromatic nitrogens is 3. The summed E-state index contributed by atoms with van der Waals surface area (Å²) >= 11 is 1.79. The Morgan fingerprint density at radius 2 is 0.841 bits per heavy atom. The fourth-order valence-corrected chi connectivity index (χ4v) is 12.7. The van der Waals surface area contributed by atoms with Crippen LogP contribution in [0.4, 0.5) is 0 Å². The summed E-state index contributed by atoms with van der Waals surface area (Å²) in [6.45, 7) is 0. The highest BCUT2D eigenvalue weighted by Crippen LogP contribution is 2.63. The monoisotopic (exact) mass is 895 g/mol. The molecule has 0 radical (unpaired) electrons. The van der Waals surface area contributed by atoms with Crippen LogP contribution in [-0.4, -0.2) is 15.0 Å². The largest absolute Gasteiger partial charge is 0.456 e. The van der Waals surface area contributed by atoms with Crippen LogP contribution in [0.1, 0.15) is 22.3 Å². The standard InChI is InChI=1S/C64H37N3OS/c1-2-13-38(14-3-1)39-25-27-40(28-26-39)61-65-62(43-30-33-49-48-18-7-11-24-58(48)69-59(49)37-43)67-63(66-61)50-19-12-23-57-60(50)51-35-41(31-34-56(51)68-57)42-29-32-47-46-17-6-10-22-54(46)64(55(47)36-42)52-20-8-4-15-44(52)45-16-5-9-21-53(45)64/h1-37H. The summed E-state index contributed by atoms with van der Waals surface area (Å²) < 4.78 is 9.13. The second-order valence-electron chi connectivity index (χ2n) is 18.2. The zero-order chi connectivity index (χ0) is 45.2. The van der Waals surface area contributed by atoms with Gasteiger partial charge >= 0.3 is 0 Å². The molecule has 0 saturated heterocycles. The van der Waals surface area contributed by atoms with Gasteiger partial charge in [-0.05, 0) is 103 Å². The van der Waals surface area contributed by atoms with E-state index in [9.17, 15) is 0 Å². The van der Waals surface area contributed by atoms with Crippen molar-refractivity contribution in [2.45, 2.75) is 5.41 Å². The maximum Gasteiger partial charge on any atom is 0.164 e. The van der Waals surface area contributed by atoms with Crippen LogP contribution in [-0.2, 0) is 5.41 Å². The predicted molar refractivity (Wildman–Crippen MR) is 283 cm³/mol. The second-order valence-corrected chi connectivity index (χ2v) is 19.3. The molecule has 0 atom stereocenters. The minimum absolute atomic E-state index is 0.424. The molecule has 0 amide bonds. The van der Waals surface area contributed by atoms with E-state index in [0.717, 1.165) is 60.9 Å².